The summed E-state index contributed by atoms with van der Waals surface area (Å²) in [7, 11) is 0. The Morgan fingerprint density at radius 2 is 1.83 bits per heavy atom. The van der Waals surface area contributed by atoms with Crippen molar-refractivity contribution in [3.63, 3.8) is 0 Å². The molecule has 0 saturated heterocycles. The van der Waals surface area contributed by atoms with Crippen LogP contribution in [0.25, 0.3) is 0 Å². The molecule has 0 heterocycles. The van der Waals surface area contributed by atoms with Crippen LogP contribution in [0.2, 0.25) is 0 Å². The zero-order chi connectivity index (χ0) is 13.7. The van der Waals surface area contributed by atoms with Crippen molar-refractivity contribution in [3.05, 3.63) is 28.7 Å². The van der Waals surface area contributed by atoms with Crippen LogP contribution in [0.4, 0.5) is 0 Å². The van der Waals surface area contributed by atoms with E-state index in [1.165, 1.54) is 18.7 Å². The lowest BCUT2D eigenvalue weighted by atomic mass is 10.3. The second kappa shape index (κ2) is 6.80. The average Bonchev–Trinajstić information content (AvgIpc) is 2.31. The minimum absolute atomic E-state index is 0.280. The molecule has 2 unspecified atom stereocenters. The van der Waals surface area contributed by atoms with Crippen LogP contribution in [0, 0.1) is 0 Å². The van der Waals surface area contributed by atoms with Crippen molar-refractivity contribution >= 4 is 39.6 Å². The monoisotopic (exact) mass is 331 g/mol. The van der Waals surface area contributed by atoms with Gasteiger partial charge >= 0.3 is 5.97 Å². The maximum absolute atomic E-state index is 11.7. The topological polar surface area (TPSA) is 66.4 Å². The highest BCUT2D eigenvalue weighted by atomic mass is 79.9. The molecule has 0 aliphatic heterocycles. The number of thioether (sulfide) groups is 1. The number of carboxylic acid groups (broad SMARTS) is 1. The van der Waals surface area contributed by atoms with Crippen molar-refractivity contribution in [2.75, 3.05) is 0 Å². The zero-order valence-electron chi connectivity index (χ0n) is 10.0. The first-order valence-corrected chi connectivity index (χ1v) is 7.03. The van der Waals surface area contributed by atoms with E-state index in [0.29, 0.717) is 0 Å². The number of rotatable bonds is 5. The molecule has 1 aromatic rings. The van der Waals surface area contributed by atoms with E-state index >= 15 is 0 Å². The molecule has 18 heavy (non-hydrogen) atoms. The number of aliphatic carboxylic acids is 1. The quantitative estimate of drug-likeness (QED) is 0.813. The summed E-state index contributed by atoms with van der Waals surface area (Å²) in [6.45, 7) is 3.19. The average molecular weight is 332 g/mol. The van der Waals surface area contributed by atoms with Gasteiger partial charge in [0, 0.05) is 9.37 Å². The molecule has 2 N–H and O–H groups in total. The lowest BCUT2D eigenvalue weighted by Crippen LogP contribution is -2.41. The summed E-state index contributed by atoms with van der Waals surface area (Å²) in [6, 6.07) is 6.73. The standard InChI is InChI=1S/C12H14BrNO3S/c1-7(12(16)17)14-11(15)8(2)18-10-5-3-9(13)4-6-10/h3-8H,1-2H3,(H,14,15)(H,16,17). The van der Waals surface area contributed by atoms with Gasteiger partial charge in [0.25, 0.3) is 0 Å². The van der Waals surface area contributed by atoms with E-state index in [1.807, 2.05) is 24.3 Å². The smallest absolute Gasteiger partial charge is 0.325 e. The first kappa shape index (κ1) is 15.0. The fourth-order valence-corrected chi connectivity index (χ4v) is 2.30. The number of carboxylic acids is 1. The fourth-order valence-electron chi connectivity index (χ4n) is 1.16. The van der Waals surface area contributed by atoms with Gasteiger partial charge in [-0.3, -0.25) is 9.59 Å². The van der Waals surface area contributed by atoms with Crippen molar-refractivity contribution in [1.82, 2.24) is 5.32 Å². The molecule has 0 saturated carbocycles. The minimum Gasteiger partial charge on any atom is -0.480 e. The molecule has 0 spiro atoms. The van der Waals surface area contributed by atoms with E-state index < -0.39 is 12.0 Å². The molecule has 0 radical (unpaired) electrons. The summed E-state index contributed by atoms with van der Waals surface area (Å²) in [5.74, 6) is -1.32. The zero-order valence-corrected chi connectivity index (χ0v) is 12.4. The summed E-state index contributed by atoms with van der Waals surface area (Å²) in [6.07, 6.45) is 0. The van der Waals surface area contributed by atoms with Crippen LogP contribution >= 0.6 is 27.7 Å². The first-order valence-electron chi connectivity index (χ1n) is 5.35. The van der Waals surface area contributed by atoms with Crippen molar-refractivity contribution in [3.8, 4) is 0 Å². The van der Waals surface area contributed by atoms with E-state index in [0.717, 1.165) is 9.37 Å². The van der Waals surface area contributed by atoms with Gasteiger partial charge in [-0.05, 0) is 38.1 Å². The Morgan fingerprint density at radius 3 is 2.33 bits per heavy atom. The molecule has 0 bridgehead atoms. The molecule has 0 fully saturated rings. The Hall–Kier alpha value is -1.01. The van der Waals surface area contributed by atoms with Crippen LogP contribution in [0.1, 0.15) is 13.8 Å². The predicted octanol–water partition coefficient (Wildman–Crippen LogP) is 2.52. The van der Waals surface area contributed by atoms with E-state index in [1.54, 1.807) is 6.92 Å². The number of hydrogen-bond donors (Lipinski definition) is 2. The Bertz CT molecular complexity index is 435. The maximum Gasteiger partial charge on any atom is 0.325 e. The molecule has 2 atom stereocenters. The Labute approximate surface area is 118 Å². The summed E-state index contributed by atoms with van der Waals surface area (Å²) in [4.78, 5) is 23.3. The Morgan fingerprint density at radius 1 is 1.28 bits per heavy atom. The molecule has 4 nitrogen and oxygen atoms in total. The molecule has 0 aliphatic carbocycles. The minimum atomic E-state index is -1.04. The molecule has 0 aliphatic rings. The van der Waals surface area contributed by atoms with Crippen molar-refractivity contribution < 1.29 is 14.7 Å². The first-order chi connectivity index (χ1) is 8.40. The SMILES string of the molecule is CC(NC(=O)C(C)Sc1ccc(Br)cc1)C(=O)O. The van der Waals surface area contributed by atoms with Crippen molar-refractivity contribution in [1.29, 1.82) is 0 Å². The second-order valence-electron chi connectivity index (χ2n) is 3.78. The molecule has 0 aromatic heterocycles. The van der Waals surface area contributed by atoms with Gasteiger partial charge in [-0.2, -0.15) is 0 Å². The van der Waals surface area contributed by atoms with Gasteiger partial charge < -0.3 is 10.4 Å². The van der Waals surface area contributed by atoms with Crippen LogP contribution in [0.3, 0.4) is 0 Å². The summed E-state index contributed by atoms with van der Waals surface area (Å²) in [5.41, 5.74) is 0. The molecule has 6 heteroatoms. The van der Waals surface area contributed by atoms with E-state index in [4.69, 9.17) is 5.11 Å². The number of carbonyl (C=O) groups is 2. The predicted molar refractivity (Wildman–Crippen MR) is 74.7 cm³/mol. The van der Waals surface area contributed by atoms with Crippen LogP contribution in [0.15, 0.2) is 33.6 Å². The highest BCUT2D eigenvalue weighted by Gasteiger charge is 2.19. The van der Waals surface area contributed by atoms with Crippen LogP contribution in [-0.2, 0) is 9.59 Å². The van der Waals surface area contributed by atoms with Gasteiger partial charge in [-0.15, -0.1) is 11.8 Å². The number of halogens is 1. The summed E-state index contributed by atoms with van der Waals surface area (Å²) < 4.78 is 0.975. The van der Waals surface area contributed by atoms with E-state index in [-0.39, 0.29) is 11.2 Å². The molecular weight excluding hydrogens is 318 g/mol. The molecule has 1 rings (SSSR count). The van der Waals surface area contributed by atoms with Gasteiger partial charge in [0.2, 0.25) is 5.91 Å². The third-order valence-corrected chi connectivity index (χ3v) is 3.87. The van der Waals surface area contributed by atoms with Gasteiger partial charge in [0.1, 0.15) is 6.04 Å². The maximum atomic E-state index is 11.7. The number of nitrogens with one attached hydrogen (secondary N) is 1. The molecule has 98 valence electrons. The Balaban J connectivity index is 2.54. The third-order valence-electron chi connectivity index (χ3n) is 2.22. The third kappa shape index (κ3) is 4.70. The fraction of sp³-hybridized carbons (Fsp3) is 0.333. The highest BCUT2D eigenvalue weighted by Crippen LogP contribution is 2.24. The number of benzene rings is 1. The lowest BCUT2D eigenvalue weighted by molar-refractivity contribution is -0.141. The summed E-state index contributed by atoms with van der Waals surface area (Å²) >= 11 is 4.72. The van der Waals surface area contributed by atoms with Gasteiger partial charge in [-0.1, -0.05) is 15.9 Å². The van der Waals surface area contributed by atoms with Gasteiger partial charge in [-0.25, -0.2) is 0 Å². The highest BCUT2D eigenvalue weighted by molar-refractivity contribution is 9.10. The van der Waals surface area contributed by atoms with Gasteiger partial charge in [0.05, 0.1) is 5.25 Å². The number of carbonyl (C=O) groups excluding carboxylic acids is 1. The summed E-state index contributed by atoms with van der Waals surface area (Å²) in [5, 5.41) is 10.8. The largest absolute Gasteiger partial charge is 0.480 e. The van der Waals surface area contributed by atoms with Crippen molar-refractivity contribution in [2.24, 2.45) is 0 Å². The van der Waals surface area contributed by atoms with Gasteiger partial charge in [0.15, 0.2) is 0 Å². The molecule has 1 aromatic carbocycles. The van der Waals surface area contributed by atoms with Crippen LogP contribution < -0.4 is 5.32 Å². The van der Waals surface area contributed by atoms with Crippen LogP contribution in [-0.4, -0.2) is 28.3 Å². The number of amides is 1. The molecular formula is C12H14BrNO3S. The van der Waals surface area contributed by atoms with Crippen LogP contribution in [0.5, 0.6) is 0 Å². The lowest BCUT2D eigenvalue weighted by Gasteiger charge is -2.14. The number of hydrogen-bond acceptors (Lipinski definition) is 3. The second-order valence-corrected chi connectivity index (χ2v) is 6.11. The van der Waals surface area contributed by atoms with E-state index in [2.05, 4.69) is 21.2 Å². The molecule has 1 amide bonds. The van der Waals surface area contributed by atoms with Crippen molar-refractivity contribution in [2.45, 2.75) is 30.0 Å². The van der Waals surface area contributed by atoms with E-state index in [9.17, 15) is 9.59 Å². The normalized spacial score (nSPS) is 13.7. The Kier molecular flexibility index (Phi) is 5.68.